The third kappa shape index (κ3) is 2.83. The molecule has 1 saturated heterocycles. The molecule has 0 N–H and O–H groups in total. The number of tetrazole rings is 1. The highest BCUT2D eigenvalue weighted by atomic mass is 15.6. The summed E-state index contributed by atoms with van der Waals surface area (Å²) < 4.78 is 1.87. The van der Waals surface area contributed by atoms with Crippen molar-refractivity contribution < 1.29 is 0 Å². The Kier molecular flexibility index (Phi) is 4.09. The summed E-state index contributed by atoms with van der Waals surface area (Å²) in [5.41, 5.74) is 3.47. The summed E-state index contributed by atoms with van der Waals surface area (Å²) in [7, 11) is 0. The molecule has 5 nitrogen and oxygen atoms in total. The fraction of sp³-hybridized carbons (Fsp3) is 0.316. The minimum atomic E-state index is 0.0880. The van der Waals surface area contributed by atoms with Gasteiger partial charge in [-0.1, -0.05) is 48.0 Å². The number of hydrogen-bond donors (Lipinski definition) is 0. The first kappa shape index (κ1) is 15.0. The molecule has 3 aromatic rings. The molecule has 0 saturated carbocycles. The summed E-state index contributed by atoms with van der Waals surface area (Å²) in [5, 5.41) is 12.6. The molecule has 0 radical (unpaired) electrons. The maximum absolute atomic E-state index is 4.40. The highest BCUT2D eigenvalue weighted by molar-refractivity contribution is 5.36. The maximum atomic E-state index is 4.40. The first-order valence-corrected chi connectivity index (χ1v) is 8.47. The highest BCUT2D eigenvalue weighted by Gasteiger charge is 2.29. The average molecular weight is 319 g/mol. The molecule has 2 heterocycles. The Bertz CT molecular complexity index is 788. The van der Waals surface area contributed by atoms with E-state index in [1.54, 1.807) is 0 Å². The Morgan fingerprint density at radius 1 is 0.917 bits per heavy atom. The molecule has 0 unspecified atom stereocenters. The number of hydrogen-bond acceptors (Lipinski definition) is 4. The molecule has 0 amide bonds. The average Bonchev–Trinajstić information content (AvgIpc) is 3.30. The van der Waals surface area contributed by atoms with Gasteiger partial charge in [-0.15, -0.1) is 5.10 Å². The molecule has 1 aliphatic heterocycles. The summed E-state index contributed by atoms with van der Waals surface area (Å²) >= 11 is 0. The van der Waals surface area contributed by atoms with Crippen molar-refractivity contribution in [2.45, 2.75) is 25.8 Å². The molecule has 1 fully saturated rings. The molecule has 0 aliphatic carbocycles. The topological polar surface area (TPSA) is 46.8 Å². The second kappa shape index (κ2) is 6.53. The Morgan fingerprint density at radius 2 is 1.62 bits per heavy atom. The van der Waals surface area contributed by atoms with Crippen molar-refractivity contribution in [1.29, 1.82) is 0 Å². The van der Waals surface area contributed by atoms with Crippen LogP contribution in [0.2, 0.25) is 0 Å². The Balaban J connectivity index is 1.79. The van der Waals surface area contributed by atoms with Gasteiger partial charge in [-0.25, -0.2) is 0 Å². The zero-order chi connectivity index (χ0) is 16.4. The molecule has 122 valence electrons. The minimum Gasteiger partial charge on any atom is -0.290 e. The predicted molar refractivity (Wildman–Crippen MR) is 93.0 cm³/mol. The molecule has 2 aromatic carbocycles. The first-order valence-electron chi connectivity index (χ1n) is 8.47. The van der Waals surface area contributed by atoms with E-state index >= 15 is 0 Å². The van der Waals surface area contributed by atoms with Crippen molar-refractivity contribution in [1.82, 2.24) is 25.1 Å². The van der Waals surface area contributed by atoms with Gasteiger partial charge in [-0.2, -0.15) is 4.68 Å². The third-order valence-electron chi connectivity index (χ3n) is 4.64. The fourth-order valence-corrected chi connectivity index (χ4v) is 3.39. The summed E-state index contributed by atoms with van der Waals surface area (Å²) in [4.78, 5) is 2.48. The van der Waals surface area contributed by atoms with Crippen LogP contribution >= 0.6 is 0 Å². The van der Waals surface area contributed by atoms with E-state index in [1.165, 1.54) is 24.0 Å². The van der Waals surface area contributed by atoms with E-state index in [1.807, 2.05) is 10.7 Å². The van der Waals surface area contributed by atoms with Gasteiger partial charge in [0.25, 0.3) is 0 Å². The van der Waals surface area contributed by atoms with Gasteiger partial charge in [0, 0.05) is 0 Å². The lowest BCUT2D eigenvalue weighted by molar-refractivity contribution is 0.268. The maximum Gasteiger partial charge on any atom is 0.178 e. The van der Waals surface area contributed by atoms with Crippen LogP contribution in [0.4, 0.5) is 0 Å². The van der Waals surface area contributed by atoms with Crippen LogP contribution in [0.3, 0.4) is 0 Å². The molecule has 4 rings (SSSR count). The fourth-order valence-electron chi connectivity index (χ4n) is 3.39. The number of aryl methyl sites for hydroxylation is 1. The predicted octanol–water partition coefficient (Wildman–Crippen LogP) is 3.16. The number of rotatable bonds is 4. The molecule has 0 spiro atoms. The SMILES string of the molecule is Cc1ccc(-n2nnnc2[C@@H](c2ccccc2)N2CCCC2)cc1. The van der Waals surface area contributed by atoms with E-state index in [0.29, 0.717) is 0 Å². The van der Waals surface area contributed by atoms with E-state index < -0.39 is 0 Å². The van der Waals surface area contributed by atoms with Crippen LogP contribution in [0.1, 0.15) is 35.8 Å². The van der Waals surface area contributed by atoms with Crippen LogP contribution in [0.25, 0.3) is 5.69 Å². The number of nitrogens with zero attached hydrogens (tertiary/aromatic N) is 5. The Hall–Kier alpha value is -2.53. The van der Waals surface area contributed by atoms with Crippen LogP contribution < -0.4 is 0 Å². The zero-order valence-corrected chi connectivity index (χ0v) is 13.8. The van der Waals surface area contributed by atoms with Crippen LogP contribution in [-0.4, -0.2) is 38.2 Å². The first-order chi connectivity index (χ1) is 11.8. The van der Waals surface area contributed by atoms with E-state index in [4.69, 9.17) is 0 Å². The van der Waals surface area contributed by atoms with Gasteiger partial charge in [0.15, 0.2) is 5.82 Å². The van der Waals surface area contributed by atoms with Gasteiger partial charge in [-0.3, -0.25) is 4.90 Å². The molecule has 1 aromatic heterocycles. The van der Waals surface area contributed by atoms with Gasteiger partial charge in [0.2, 0.25) is 0 Å². The monoisotopic (exact) mass is 319 g/mol. The lowest BCUT2D eigenvalue weighted by Gasteiger charge is -2.26. The largest absolute Gasteiger partial charge is 0.290 e. The summed E-state index contributed by atoms with van der Waals surface area (Å²) in [6, 6.07) is 19.0. The van der Waals surface area contributed by atoms with Crippen molar-refractivity contribution in [2.24, 2.45) is 0 Å². The van der Waals surface area contributed by atoms with E-state index in [2.05, 4.69) is 75.9 Å². The Morgan fingerprint density at radius 3 is 2.33 bits per heavy atom. The summed E-state index contributed by atoms with van der Waals surface area (Å²) in [6.45, 7) is 4.25. The van der Waals surface area contributed by atoms with E-state index in [9.17, 15) is 0 Å². The molecule has 1 atom stereocenters. The van der Waals surface area contributed by atoms with Crippen molar-refractivity contribution >= 4 is 0 Å². The number of benzene rings is 2. The molecular formula is C19H21N5. The lowest BCUT2D eigenvalue weighted by atomic mass is 10.0. The van der Waals surface area contributed by atoms with Crippen molar-refractivity contribution in [3.05, 3.63) is 71.5 Å². The summed E-state index contributed by atoms with van der Waals surface area (Å²) in [5.74, 6) is 0.881. The van der Waals surface area contributed by atoms with Crippen LogP contribution in [0, 0.1) is 6.92 Å². The number of aromatic nitrogens is 4. The van der Waals surface area contributed by atoms with Crippen LogP contribution in [0.5, 0.6) is 0 Å². The molecule has 5 heteroatoms. The summed E-state index contributed by atoms with van der Waals surface area (Å²) in [6.07, 6.45) is 2.46. The second-order valence-corrected chi connectivity index (χ2v) is 6.34. The second-order valence-electron chi connectivity index (χ2n) is 6.34. The van der Waals surface area contributed by atoms with Crippen molar-refractivity contribution in [3.63, 3.8) is 0 Å². The van der Waals surface area contributed by atoms with Gasteiger partial charge in [0.1, 0.15) is 0 Å². The minimum absolute atomic E-state index is 0.0880. The van der Waals surface area contributed by atoms with Crippen LogP contribution in [-0.2, 0) is 0 Å². The van der Waals surface area contributed by atoms with Crippen molar-refractivity contribution in [2.75, 3.05) is 13.1 Å². The molecule has 0 bridgehead atoms. The van der Waals surface area contributed by atoms with Gasteiger partial charge in [0.05, 0.1) is 11.7 Å². The normalized spacial score (nSPS) is 16.4. The standard InChI is InChI=1S/C19H21N5/c1-15-9-11-17(12-10-15)24-19(20-21-22-24)18(23-13-5-6-14-23)16-7-3-2-4-8-16/h2-4,7-12,18H,5-6,13-14H2,1H3/t18-/m1/s1. The third-order valence-corrected chi connectivity index (χ3v) is 4.64. The van der Waals surface area contributed by atoms with Crippen molar-refractivity contribution in [3.8, 4) is 5.69 Å². The van der Waals surface area contributed by atoms with E-state index in [-0.39, 0.29) is 6.04 Å². The Labute approximate surface area is 141 Å². The smallest absolute Gasteiger partial charge is 0.178 e. The van der Waals surface area contributed by atoms with Gasteiger partial charge >= 0.3 is 0 Å². The molecular weight excluding hydrogens is 298 g/mol. The van der Waals surface area contributed by atoms with Crippen LogP contribution in [0.15, 0.2) is 54.6 Å². The van der Waals surface area contributed by atoms with Gasteiger partial charge < -0.3 is 0 Å². The van der Waals surface area contributed by atoms with E-state index in [0.717, 1.165) is 24.6 Å². The lowest BCUT2D eigenvalue weighted by Crippen LogP contribution is -2.29. The number of likely N-dealkylation sites (tertiary alicyclic amines) is 1. The molecule has 1 aliphatic rings. The zero-order valence-electron chi connectivity index (χ0n) is 13.8. The van der Waals surface area contributed by atoms with Gasteiger partial charge in [-0.05, 0) is 61.0 Å². The highest BCUT2D eigenvalue weighted by Crippen LogP contribution is 2.31. The molecule has 24 heavy (non-hydrogen) atoms. The quantitative estimate of drug-likeness (QED) is 0.741.